The van der Waals surface area contributed by atoms with Gasteiger partial charge in [0.05, 0.1) is 5.56 Å². The van der Waals surface area contributed by atoms with Crippen LogP contribution in [0.5, 0.6) is 0 Å². The number of nitrogens with zero attached hydrogens (tertiary/aromatic N) is 2. The van der Waals surface area contributed by atoms with Gasteiger partial charge in [-0.2, -0.15) is 13.2 Å². The molecule has 2 N–H and O–H groups in total. The Morgan fingerprint density at radius 3 is 2.26 bits per heavy atom. The number of amides is 2. The van der Waals surface area contributed by atoms with E-state index in [1.165, 1.54) is 18.2 Å². The molecule has 1 heterocycles. The maximum atomic E-state index is 13.0. The number of hydrogen-bond donors (Lipinski definition) is 2. The van der Waals surface area contributed by atoms with Gasteiger partial charge in [0.15, 0.2) is 0 Å². The van der Waals surface area contributed by atoms with Gasteiger partial charge in [0.25, 0.3) is 0 Å². The third kappa shape index (κ3) is 6.42. The number of nitrogens with one attached hydrogen (secondary N) is 2. The van der Waals surface area contributed by atoms with Gasteiger partial charge in [-0.3, -0.25) is 14.5 Å². The van der Waals surface area contributed by atoms with Crippen molar-refractivity contribution >= 4 is 23.2 Å². The summed E-state index contributed by atoms with van der Waals surface area (Å²) in [6.07, 6.45) is -4.54. The van der Waals surface area contributed by atoms with Crippen LogP contribution in [0.3, 0.4) is 0 Å². The van der Waals surface area contributed by atoms with Crippen molar-refractivity contribution in [1.82, 2.24) is 10.2 Å². The highest BCUT2D eigenvalue weighted by Crippen LogP contribution is 2.30. The zero-order valence-electron chi connectivity index (χ0n) is 16.6. The van der Waals surface area contributed by atoms with Crippen LogP contribution in [0, 0.1) is 5.82 Å². The third-order valence-corrected chi connectivity index (χ3v) is 4.93. The third-order valence-electron chi connectivity index (χ3n) is 4.93. The highest BCUT2D eigenvalue weighted by molar-refractivity contribution is 6.39. The molecular formula is C21H22F4N4O2. The van der Waals surface area contributed by atoms with E-state index < -0.39 is 23.6 Å². The van der Waals surface area contributed by atoms with Crippen LogP contribution in [0.2, 0.25) is 0 Å². The Labute approximate surface area is 176 Å². The summed E-state index contributed by atoms with van der Waals surface area (Å²) in [4.78, 5) is 28.1. The number of carbonyl (C=O) groups is 2. The maximum absolute atomic E-state index is 13.0. The van der Waals surface area contributed by atoms with E-state index in [1.807, 2.05) is 0 Å². The molecule has 0 aliphatic carbocycles. The molecule has 0 aromatic heterocycles. The fraction of sp³-hybridized carbons (Fsp3) is 0.333. The van der Waals surface area contributed by atoms with Crippen LogP contribution in [0.4, 0.5) is 28.9 Å². The SMILES string of the molecule is O=C(NCCN1CCN(c2ccc(F)cc2)CC1)C(=O)Nc1cccc(C(F)(F)F)c1. The molecule has 0 bridgehead atoms. The smallest absolute Gasteiger partial charge is 0.369 e. The van der Waals surface area contributed by atoms with Crippen LogP contribution in [-0.4, -0.2) is 56.0 Å². The van der Waals surface area contributed by atoms with E-state index in [9.17, 15) is 27.2 Å². The summed E-state index contributed by atoms with van der Waals surface area (Å²) < 4.78 is 51.2. The van der Waals surface area contributed by atoms with Gasteiger partial charge in [-0.05, 0) is 42.5 Å². The number of halogens is 4. The number of anilines is 2. The average Bonchev–Trinajstić information content (AvgIpc) is 2.74. The lowest BCUT2D eigenvalue weighted by atomic mass is 10.2. The molecule has 0 spiro atoms. The zero-order valence-corrected chi connectivity index (χ0v) is 16.6. The van der Waals surface area contributed by atoms with E-state index in [4.69, 9.17) is 0 Å². The van der Waals surface area contributed by atoms with Crippen LogP contribution in [-0.2, 0) is 15.8 Å². The highest BCUT2D eigenvalue weighted by Gasteiger charge is 2.30. The molecule has 166 valence electrons. The maximum Gasteiger partial charge on any atom is 0.416 e. The van der Waals surface area contributed by atoms with E-state index in [2.05, 4.69) is 20.4 Å². The molecule has 1 aliphatic heterocycles. The fourth-order valence-electron chi connectivity index (χ4n) is 3.25. The predicted molar refractivity (Wildman–Crippen MR) is 108 cm³/mol. The summed E-state index contributed by atoms with van der Waals surface area (Å²) in [7, 11) is 0. The molecule has 0 saturated carbocycles. The van der Waals surface area contributed by atoms with Crippen molar-refractivity contribution in [3.05, 3.63) is 59.9 Å². The number of hydrogen-bond acceptors (Lipinski definition) is 4. The molecule has 1 fully saturated rings. The fourth-order valence-corrected chi connectivity index (χ4v) is 3.25. The van der Waals surface area contributed by atoms with E-state index in [1.54, 1.807) is 12.1 Å². The minimum atomic E-state index is -4.54. The van der Waals surface area contributed by atoms with Crippen molar-refractivity contribution in [3.8, 4) is 0 Å². The summed E-state index contributed by atoms with van der Waals surface area (Å²) in [6.45, 7) is 3.73. The van der Waals surface area contributed by atoms with E-state index in [-0.39, 0.29) is 18.0 Å². The van der Waals surface area contributed by atoms with Crippen molar-refractivity contribution < 1.29 is 27.2 Å². The van der Waals surface area contributed by atoms with Gasteiger partial charge in [-0.25, -0.2) is 4.39 Å². The van der Waals surface area contributed by atoms with Gasteiger partial charge in [0, 0.05) is 50.6 Å². The van der Waals surface area contributed by atoms with Crippen molar-refractivity contribution in [2.24, 2.45) is 0 Å². The molecule has 0 unspecified atom stereocenters. The van der Waals surface area contributed by atoms with Crippen molar-refractivity contribution in [2.75, 3.05) is 49.5 Å². The second-order valence-electron chi connectivity index (χ2n) is 7.09. The average molecular weight is 438 g/mol. The van der Waals surface area contributed by atoms with Gasteiger partial charge in [0.2, 0.25) is 0 Å². The second-order valence-corrected chi connectivity index (χ2v) is 7.09. The minimum absolute atomic E-state index is 0.105. The van der Waals surface area contributed by atoms with Gasteiger partial charge in [-0.1, -0.05) is 6.07 Å². The van der Waals surface area contributed by atoms with Crippen molar-refractivity contribution in [3.63, 3.8) is 0 Å². The number of piperazine rings is 1. The van der Waals surface area contributed by atoms with E-state index >= 15 is 0 Å². The molecule has 31 heavy (non-hydrogen) atoms. The van der Waals surface area contributed by atoms with Crippen LogP contribution >= 0.6 is 0 Å². The first-order valence-corrected chi connectivity index (χ1v) is 9.72. The van der Waals surface area contributed by atoms with E-state index in [0.717, 1.165) is 50.1 Å². The molecule has 2 amide bonds. The first-order valence-electron chi connectivity index (χ1n) is 9.72. The topological polar surface area (TPSA) is 64.7 Å². The molecule has 10 heteroatoms. The van der Waals surface area contributed by atoms with Gasteiger partial charge in [-0.15, -0.1) is 0 Å². The molecule has 0 atom stereocenters. The molecule has 3 rings (SSSR count). The molecule has 6 nitrogen and oxygen atoms in total. The first-order chi connectivity index (χ1) is 14.7. The highest BCUT2D eigenvalue weighted by atomic mass is 19.4. The quantitative estimate of drug-likeness (QED) is 0.557. The second kappa shape index (κ2) is 9.78. The monoisotopic (exact) mass is 438 g/mol. The summed E-state index contributed by atoms with van der Waals surface area (Å²) in [5, 5.41) is 4.65. The number of rotatable bonds is 5. The molecule has 0 radical (unpaired) electrons. The summed E-state index contributed by atoms with van der Waals surface area (Å²) in [6, 6.07) is 10.4. The molecular weight excluding hydrogens is 416 g/mol. The standard InChI is InChI=1S/C21H22F4N4O2/c22-16-4-6-18(7-5-16)29-12-10-28(11-13-29)9-8-26-19(30)20(31)27-17-3-1-2-15(14-17)21(23,24)25/h1-7,14H,8-13H2,(H,26,30)(H,27,31). The Balaban J connectivity index is 1.39. The normalized spacial score (nSPS) is 14.9. The minimum Gasteiger partial charge on any atom is -0.369 e. The predicted octanol–water partition coefficient (Wildman–Crippen LogP) is 2.72. The Hall–Kier alpha value is -3.14. The summed E-state index contributed by atoms with van der Waals surface area (Å²) in [5.74, 6) is -2.22. The Morgan fingerprint density at radius 1 is 0.935 bits per heavy atom. The Kier molecular flexibility index (Phi) is 7.11. The van der Waals surface area contributed by atoms with Crippen LogP contribution in [0.1, 0.15) is 5.56 Å². The van der Waals surface area contributed by atoms with E-state index in [0.29, 0.717) is 6.54 Å². The molecule has 2 aromatic rings. The lowest BCUT2D eigenvalue weighted by molar-refractivity contribution is -0.137. The van der Waals surface area contributed by atoms with Gasteiger partial charge < -0.3 is 15.5 Å². The van der Waals surface area contributed by atoms with Gasteiger partial charge >= 0.3 is 18.0 Å². The molecule has 1 aliphatic rings. The number of alkyl halides is 3. The lowest BCUT2D eigenvalue weighted by Gasteiger charge is -2.36. The summed E-state index contributed by atoms with van der Waals surface area (Å²) in [5.41, 5.74) is -0.0713. The van der Waals surface area contributed by atoms with Crippen molar-refractivity contribution in [2.45, 2.75) is 6.18 Å². The van der Waals surface area contributed by atoms with Gasteiger partial charge in [0.1, 0.15) is 5.82 Å². The number of benzene rings is 2. The summed E-state index contributed by atoms with van der Waals surface area (Å²) >= 11 is 0. The first kappa shape index (κ1) is 22.5. The Morgan fingerprint density at radius 2 is 1.61 bits per heavy atom. The Bertz CT molecular complexity index is 910. The largest absolute Gasteiger partial charge is 0.416 e. The number of carbonyl (C=O) groups excluding carboxylic acids is 2. The molecule has 1 saturated heterocycles. The van der Waals surface area contributed by atoms with Crippen LogP contribution in [0.15, 0.2) is 48.5 Å². The molecule has 2 aromatic carbocycles. The van der Waals surface area contributed by atoms with Crippen LogP contribution in [0.25, 0.3) is 0 Å². The zero-order chi connectivity index (χ0) is 22.4. The van der Waals surface area contributed by atoms with Crippen LogP contribution < -0.4 is 15.5 Å². The van der Waals surface area contributed by atoms with Crippen molar-refractivity contribution in [1.29, 1.82) is 0 Å². The lowest BCUT2D eigenvalue weighted by Crippen LogP contribution is -2.49.